The number of rotatable bonds is 2. The van der Waals surface area contributed by atoms with Crippen molar-refractivity contribution in [1.29, 1.82) is 0 Å². The van der Waals surface area contributed by atoms with Crippen LogP contribution in [0.15, 0.2) is 29.8 Å². The van der Waals surface area contributed by atoms with Crippen molar-refractivity contribution in [2.24, 2.45) is 11.8 Å². The Morgan fingerprint density at radius 1 is 1.00 bits per heavy atom. The van der Waals surface area contributed by atoms with Crippen LogP contribution in [0, 0.1) is 25.3 Å². The van der Waals surface area contributed by atoms with Crippen molar-refractivity contribution >= 4 is 0 Å². The molecule has 0 spiro atoms. The van der Waals surface area contributed by atoms with Gasteiger partial charge in [-0.15, -0.1) is 0 Å². The number of hydrogen-bond donors (Lipinski definition) is 0. The van der Waals surface area contributed by atoms with Gasteiger partial charge in [-0.3, -0.25) is 5.57 Å². The summed E-state index contributed by atoms with van der Waals surface area (Å²) < 4.78 is 0. The molecule has 88 valence electrons. The van der Waals surface area contributed by atoms with Crippen LogP contribution in [-0.2, 0) is 16.5 Å². The van der Waals surface area contributed by atoms with Crippen molar-refractivity contribution in [3.8, 4) is 0 Å². The standard InChI is InChI=1S/C8H15.C6H7.Ni/c1-6(2)8(5)7(3)4;1-6-4-2-3-5-6;/h5-7H,1-4H3;2-5H,1H3;/q2*-1;+2. The molecule has 0 amide bonds. The molecule has 0 atom stereocenters. The van der Waals surface area contributed by atoms with E-state index in [1.54, 1.807) is 0 Å². The first kappa shape index (κ1) is 17.0. The van der Waals surface area contributed by atoms with E-state index < -0.39 is 0 Å². The second kappa shape index (κ2) is 8.86. The van der Waals surface area contributed by atoms with Crippen molar-refractivity contribution in [2.45, 2.75) is 34.6 Å². The van der Waals surface area contributed by atoms with Crippen LogP contribution in [0.2, 0.25) is 0 Å². The van der Waals surface area contributed by atoms with E-state index in [1.807, 2.05) is 12.1 Å². The van der Waals surface area contributed by atoms with Gasteiger partial charge in [-0.25, -0.2) is 12.1 Å². The first-order chi connectivity index (χ1) is 6.45. The van der Waals surface area contributed by atoms with E-state index in [9.17, 15) is 0 Å². The minimum absolute atomic E-state index is 0. The Bertz CT molecular complexity index is 232. The van der Waals surface area contributed by atoms with Crippen LogP contribution in [0.1, 0.15) is 33.3 Å². The molecule has 15 heavy (non-hydrogen) atoms. The van der Waals surface area contributed by atoms with Crippen LogP contribution in [0.4, 0.5) is 0 Å². The summed E-state index contributed by atoms with van der Waals surface area (Å²) in [5.41, 5.74) is 2.44. The molecule has 0 radical (unpaired) electrons. The van der Waals surface area contributed by atoms with E-state index in [0.29, 0.717) is 11.8 Å². The fourth-order valence-corrected chi connectivity index (χ4v) is 1.14. The molecule has 0 aromatic heterocycles. The summed E-state index contributed by atoms with van der Waals surface area (Å²) in [6.45, 7) is 16.2. The van der Waals surface area contributed by atoms with E-state index in [1.165, 1.54) is 5.56 Å². The van der Waals surface area contributed by atoms with Crippen molar-refractivity contribution in [1.82, 2.24) is 0 Å². The molecule has 0 aliphatic heterocycles. The van der Waals surface area contributed by atoms with Crippen LogP contribution >= 0.6 is 0 Å². The third kappa shape index (κ3) is 8.57. The molecule has 0 bridgehead atoms. The Balaban J connectivity index is 0. The molecule has 0 saturated carbocycles. The van der Waals surface area contributed by atoms with Crippen molar-refractivity contribution in [2.75, 3.05) is 0 Å². The van der Waals surface area contributed by atoms with Gasteiger partial charge in [0.15, 0.2) is 0 Å². The second-order valence-electron chi connectivity index (χ2n) is 4.27. The maximum atomic E-state index is 5.68. The summed E-state index contributed by atoms with van der Waals surface area (Å²) in [6.07, 6.45) is 0. The van der Waals surface area contributed by atoms with E-state index in [2.05, 4.69) is 46.8 Å². The van der Waals surface area contributed by atoms with Gasteiger partial charge in [-0.2, -0.15) is 17.7 Å². The topological polar surface area (TPSA) is 0 Å². The Kier molecular flexibility index (Phi) is 10.0. The zero-order valence-electron chi connectivity index (χ0n) is 10.4. The third-order valence-electron chi connectivity index (χ3n) is 2.16. The summed E-state index contributed by atoms with van der Waals surface area (Å²) in [7, 11) is 0. The summed E-state index contributed by atoms with van der Waals surface area (Å²) in [4.78, 5) is 0. The quantitative estimate of drug-likeness (QED) is 0.539. The molecular formula is C14H22Ni. The van der Waals surface area contributed by atoms with E-state index in [4.69, 9.17) is 6.58 Å². The average Bonchev–Trinajstić information content (AvgIpc) is 2.55. The van der Waals surface area contributed by atoms with Gasteiger partial charge in [-0.05, 0) is 0 Å². The van der Waals surface area contributed by atoms with Gasteiger partial charge in [0.1, 0.15) is 0 Å². The molecule has 0 aliphatic rings. The van der Waals surface area contributed by atoms with Crippen LogP contribution in [0.25, 0.3) is 0 Å². The molecule has 1 aromatic rings. The summed E-state index contributed by atoms with van der Waals surface area (Å²) in [5, 5.41) is 0. The minimum Gasteiger partial charge on any atom is -0.514 e. The van der Waals surface area contributed by atoms with Crippen LogP contribution in [-0.4, -0.2) is 0 Å². The molecule has 0 heterocycles. The first-order valence-corrected chi connectivity index (χ1v) is 5.25. The SMILES string of the molecule is C[c-]1cccc1.[CH-]=C(C(C)C)C(C)C.[Ni+2]. The van der Waals surface area contributed by atoms with Crippen LogP contribution < -0.4 is 0 Å². The summed E-state index contributed by atoms with van der Waals surface area (Å²) >= 11 is 0. The summed E-state index contributed by atoms with van der Waals surface area (Å²) in [5.74, 6) is 1.07. The smallest absolute Gasteiger partial charge is 0.514 e. The fourth-order valence-electron chi connectivity index (χ4n) is 1.14. The summed E-state index contributed by atoms with van der Waals surface area (Å²) in [6, 6.07) is 8.24. The Morgan fingerprint density at radius 3 is 1.40 bits per heavy atom. The van der Waals surface area contributed by atoms with Gasteiger partial charge < -0.3 is 6.58 Å². The molecule has 1 heteroatoms. The normalized spacial score (nSPS) is 9.27. The van der Waals surface area contributed by atoms with Gasteiger partial charge in [0.25, 0.3) is 0 Å². The molecular weight excluding hydrogens is 227 g/mol. The number of allylic oxidation sites excluding steroid dienone is 1. The van der Waals surface area contributed by atoms with Gasteiger partial charge in [0.2, 0.25) is 0 Å². The third-order valence-corrected chi connectivity index (χ3v) is 2.16. The zero-order valence-corrected chi connectivity index (χ0v) is 11.3. The van der Waals surface area contributed by atoms with Crippen LogP contribution in [0.5, 0.6) is 0 Å². The Hall–Kier alpha value is -0.416. The Labute approximate surface area is 105 Å². The van der Waals surface area contributed by atoms with Crippen molar-refractivity contribution < 1.29 is 16.5 Å². The minimum atomic E-state index is 0. The molecule has 1 rings (SSSR count). The van der Waals surface area contributed by atoms with Crippen molar-refractivity contribution in [3.63, 3.8) is 0 Å². The zero-order chi connectivity index (χ0) is 11.1. The van der Waals surface area contributed by atoms with Crippen molar-refractivity contribution in [3.05, 3.63) is 42.0 Å². The monoisotopic (exact) mass is 248 g/mol. The maximum Gasteiger partial charge on any atom is 2.00 e. The first-order valence-electron chi connectivity index (χ1n) is 5.25. The molecule has 0 saturated heterocycles. The van der Waals surface area contributed by atoms with Gasteiger partial charge in [0, 0.05) is 0 Å². The van der Waals surface area contributed by atoms with Gasteiger partial charge in [0.05, 0.1) is 0 Å². The van der Waals surface area contributed by atoms with E-state index in [0.717, 1.165) is 5.57 Å². The van der Waals surface area contributed by atoms with Gasteiger partial charge >= 0.3 is 16.5 Å². The molecule has 0 unspecified atom stereocenters. The average molecular weight is 249 g/mol. The van der Waals surface area contributed by atoms with Gasteiger partial charge in [-0.1, -0.05) is 46.5 Å². The van der Waals surface area contributed by atoms with E-state index >= 15 is 0 Å². The second-order valence-corrected chi connectivity index (χ2v) is 4.27. The largest absolute Gasteiger partial charge is 2.00 e. The van der Waals surface area contributed by atoms with E-state index in [-0.39, 0.29) is 16.5 Å². The molecule has 1 aromatic carbocycles. The molecule has 0 nitrogen and oxygen atoms in total. The molecule has 0 N–H and O–H groups in total. The van der Waals surface area contributed by atoms with Crippen LogP contribution in [0.3, 0.4) is 0 Å². The Morgan fingerprint density at radius 2 is 1.33 bits per heavy atom. The predicted octanol–water partition coefficient (Wildman–Crippen LogP) is 4.37. The fraction of sp³-hybridized carbons (Fsp3) is 0.500. The molecule has 0 fully saturated rings. The molecule has 0 aliphatic carbocycles. The number of hydrogen-bond acceptors (Lipinski definition) is 0. The maximum absolute atomic E-state index is 5.68. The number of aryl methyl sites for hydroxylation is 1. The predicted molar refractivity (Wildman–Crippen MR) is 64.3 cm³/mol.